The maximum Gasteiger partial charge on any atom is 0.417 e. The Labute approximate surface area is 253 Å². The first kappa shape index (κ1) is 31.9. The van der Waals surface area contributed by atoms with Gasteiger partial charge in [0.25, 0.3) is 0 Å². The number of ether oxygens (including phenoxy) is 1. The number of nitrogens with zero attached hydrogens (tertiary/aromatic N) is 1. The topological polar surface area (TPSA) is 32.7 Å². The quantitative estimate of drug-likeness (QED) is 0.0923. The molecule has 0 bridgehead atoms. The third-order valence-electron chi connectivity index (χ3n) is 7.02. The van der Waals surface area contributed by atoms with Crippen LogP contribution in [0, 0.1) is 5.82 Å². The molecule has 0 saturated heterocycles. The summed E-state index contributed by atoms with van der Waals surface area (Å²) in [5.41, 5.74) is 1.93. The molecule has 0 aliphatic rings. The second-order valence-electron chi connectivity index (χ2n) is 9.83. The highest BCUT2D eigenvalue weighted by Crippen LogP contribution is 2.37. The van der Waals surface area contributed by atoms with Crippen LogP contribution in [-0.2, 0) is 19.3 Å². The number of hydrogen-bond acceptors (Lipinski definition) is 4. The summed E-state index contributed by atoms with van der Waals surface area (Å²) in [6, 6.07) is 26.9. The van der Waals surface area contributed by atoms with Crippen molar-refractivity contribution in [2.24, 2.45) is 0 Å². The summed E-state index contributed by atoms with van der Waals surface area (Å²) in [6.07, 6.45) is -2.23. The highest BCUT2D eigenvalue weighted by molar-refractivity contribution is 7.98. The van der Waals surface area contributed by atoms with E-state index in [1.807, 2.05) is 60.7 Å². The predicted molar refractivity (Wildman–Crippen MR) is 161 cm³/mol. The summed E-state index contributed by atoms with van der Waals surface area (Å²) < 4.78 is 61.1. The summed E-state index contributed by atoms with van der Waals surface area (Å²) in [5.74, 6) is -0.219. The summed E-state index contributed by atoms with van der Waals surface area (Å²) in [6.45, 7) is 1.08. The second kappa shape index (κ2) is 14.9. The Balaban J connectivity index is 1.57. The van der Waals surface area contributed by atoms with E-state index in [1.54, 1.807) is 18.4 Å². The Hall–Kier alpha value is -3.04. The van der Waals surface area contributed by atoms with E-state index >= 15 is 0 Å². The lowest BCUT2D eigenvalue weighted by atomic mass is 9.90. The van der Waals surface area contributed by atoms with Gasteiger partial charge >= 0.3 is 6.18 Å². The van der Waals surface area contributed by atoms with Gasteiger partial charge in [0.1, 0.15) is 11.6 Å². The number of alkyl halides is 3. The molecule has 1 N–H and O–H groups in total. The molecule has 0 amide bonds. The average Bonchev–Trinajstić information content (AvgIpc) is 2.98. The zero-order chi connectivity index (χ0) is 30.1. The number of aliphatic hydroxyl groups is 1. The maximum absolute atomic E-state index is 14.4. The first-order valence-electron chi connectivity index (χ1n) is 13.5. The lowest BCUT2D eigenvalue weighted by Gasteiger charge is -2.29. The van der Waals surface area contributed by atoms with Crippen molar-refractivity contribution < 1.29 is 27.4 Å². The summed E-state index contributed by atoms with van der Waals surface area (Å²) in [7, 11) is 0. The number of rotatable bonds is 13. The van der Waals surface area contributed by atoms with E-state index in [9.17, 15) is 22.7 Å². The van der Waals surface area contributed by atoms with Crippen molar-refractivity contribution >= 4 is 23.4 Å². The third kappa shape index (κ3) is 8.28. The molecule has 42 heavy (non-hydrogen) atoms. The van der Waals surface area contributed by atoms with Crippen molar-refractivity contribution in [3.63, 3.8) is 0 Å². The van der Waals surface area contributed by atoms with Crippen molar-refractivity contribution in [3.05, 3.63) is 130 Å². The fraction of sp³-hybridized carbons (Fsp3) is 0.273. The summed E-state index contributed by atoms with van der Waals surface area (Å²) in [5, 5.41) is 9.16. The molecule has 0 radical (unpaired) electrons. The molecule has 3 nitrogen and oxygen atoms in total. The van der Waals surface area contributed by atoms with E-state index in [-0.39, 0.29) is 29.7 Å². The Morgan fingerprint density at radius 3 is 2.14 bits per heavy atom. The molecule has 0 saturated carbocycles. The lowest BCUT2D eigenvalue weighted by molar-refractivity contribution is -0.137. The van der Waals surface area contributed by atoms with Gasteiger partial charge in [0, 0.05) is 42.1 Å². The summed E-state index contributed by atoms with van der Waals surface area (Å²) in [4.78, 5) is 2.68. The van der Waals surface area contributed by atoms with Crippen LogP contribution in [0.1, 0.15) is 40.2 Å². The first-order valence-corrected chi connectivity index (χ1v) is 15.1. The van der Waals surface area contributed by atoms with Crippen molar-refractivity contribution in [2.45, 2.75) is 36.6 Å². The number of hydrogen-bond donors (Lipinski definition) is 1. The highest BCUT2D eigenvalue weighted by atomic mass is 35.5. The fourth-order valence-corrected chi connectivity index (χ4v) is 5.85. The van der Waals surface area contributed by atoms with Crippen LogP contribution in [0.5, 0.6) is 5.75 Å². The van der Waals surface area contributed by atoms with Gasteiger partial charge in [-0.15, -0.1) is 11.8 Å². The minimum atomic E-state index is -4.56. The van der Waals surface area contributed by atoms with Gasteiger partial charge in [-0.05, 0) is 41.5 Å². The highest BCUT2D eigenvalue weighted by Gasteiger charge is 2.34. The summed E-state index contributed by atoms with van der Waals surface area (Å²) >= 11 is 7.61. The fourth-order valence-electron chi connectivity index (χ4n) is 4.91. The van der Waals surface area contributed by atoms with Crippen LogP contribution in [0.25, 0.3) is 0 Å². The zero-order valence-corrected chi connectivity index (χ0v) is 24.7. The molecule has 0 aromatic heterocycles. The molecular weight excluding hydrogens is 586 g/mol. The van der Waals surface area contributed by atoms with Crippen LogP contribution in [-0.4, -0.2) is 36.0 Å². The smallest absolute Gasteiger partial charge is 0.417 e. The number of aliphatic hydroxyl groups excluding tert-OH is 1. The van der Waals surface area contributed by atoms with E-state index in [0.29, 0.717) is 35.7 Å². The van der Waals surface area contributed by atoms with Gasteiger partial charge in [0.05, 0.1) is 23.8 Å². The van der Waals surface area contributed by atoms with Crippen molar-refractivity contribution in [2.75, 3.05) is 26.0 Å². The molecule has 222 valence electrons. The van der Waals surface area contributed by atoms with E-state index in [0.717, 1.165) is 17.2 Å². The van der Waals surface area contributed by atoms with Crippen molar-refractivity contribution in [1.82, 2.24) is 4.90 Å². The van der Waals surface area contributed by atoms with Gasteiger partial charge in [0.15, 0.2) is 0 Å². The van der Waals surface area contributed by atoms with Crippen LogP contribution in [0.4, 0.5) is 17.6 Å². The minimum Gasteiger partial charge on any atom is -0.493 e. The second-order valence-corrected chi connectivity index (χ2v) is 11.1. The molecule has 4 aromatic rings. The molecule has 0 aliphatic heterocycles. The standard InChI is InChI=1S/C33H32ClF4NO2S/c1-42-31-19-26(18-30(35)28(31)22-40)41-17-9-16-39(20-25-14-8-15-29(32(25)34)33(36,37)38)21-27(23-10-4-2-5-11-23)24-12-6-3-7-13-24/h2-8,10-15,18-19,27,40H,9,16-17,20-22H2,1H3. The van der Waals surface area contributed by atoms with Crippen LogP contribution in [0.3, 0.4) is 0 Å². The van der Waals surface area contributed by atoms with Crippen LogP contribution in [0.15, 0.2) is 95.9 Å². The van der Waals surface area contributed by atoms with Crippen molar-refractivity contribution in [1.29, 1.82) is 0 Å². The zero-order valence-electron chi connectivity index (χ0n) is 23.1. The van der Waals surface area contributed by atoms with E-state index < -0.39 is 24.2 Å². The van der Waals surface area contributed by atoms with Crippen LogP contribution < -0.4 is 4.74 Å². The first-order chi connectivity index (χ1) is 20.2. The number of benzene rings is 4. The van der Waals surface area contributed by atoms with E-state index in [2.05, 4.69) is 4.90 Å². The van der Waals surface area contributed by atoms with Gasteiger partial charge in [0.2, 0.25) is 0 Å². The predicted octanol–water partition coefficient (Wildman–Crippen LogP) is 8.82. The SMILES string of the molecule is CSc1cc(OCCCN(Cc2cccc(C(F)(F)F)c2Cl)CC(c2ccccc2)c2ccccc2)cc(F)c1CO. The lowest BCUT2D eigenvalue weighted by Crippen LogP contribution is -2.31. The van der Waals surface area contributed by atoms with Gasteiger partial charge in [-0.2, -0.15) is 13.2 Å². The van der Waals surface area contributed by atoms with Gasteiger partial charge in [-0.1, -0.05) is 84.4 Å². The Morgan fingerprint density at radius 1 is 0.929 bits per heavy atom. The van der Waals surface area contributed by atoms with Gasteiger partial charge < -0.3 is 9.84 Å². The van der Waals surface area contributed by atoms with E-state index in [4.69, 9.17) is 16.3 Å². The van der Waals surface area contributed by atoms with Crippen LogP contribution >= 0.6 is 23.4 Å². The molecule has 4 aromatic carbocycles. The monoisotopic (exact) mass is 617 g/mol. The number of halogens is 5. The average molecular weight is 618 g/mol. The van der Waals surface area contributed by atoms with Gasteiger partial charge in [-0.3, -0.25) is 4.90 Å². The third-order valence-corrected chi connectivity index (χ3v) is 8.27. The Bertz CT molecular complexity index is 1400. The molecule has 0 spiro atoms. The minimum absolute atomic E-state index is 0.0397. The Kier molecular flexibility index (Phi) is 11.3. The Morgan fingerprint density at radius 2 is 1.57 bits per heavy atom. The molecule has 0 heterocycles. The molecule has 9 heteroatoms. The molecule has 0 fully saturated rings. The normalized spacial score (nSPS) is 11.8. The largest absolute Gasteiger partial charge is 0.493 e. The van der Waals surface area contributed by atoms with Crippen molar-refractivity contribution in [3.8, 4) is 5.75 Å². The number of thioether (sulfide) groups is 1. The molecular formula is C33H32ClF4NO2S. The van der Waals surface area contributed by atoms with E-state index in [1.165, 1.54) is 23.9 Å². The maximum atomic E-state index is 14.4. The van der Waals surface area contributed by atoms with Gasteiger partial charge in [-0.25, -0.2) is 4.39 Å². The molecule has 0 atom stereocenters. The van der Waals surface area contributed by atoms with Crippen LogP contribution in [0.2, 0.25) is 5.02 Å². The molecule has 0 aliphatic carbocycles. The molecule has 4 rings (SSSR count). The molecule has 0 unspecified atom stereocenters.